The van der Waals surface area contributed by atoms with Crippen molar-refractivity contribution in [2.45, 2.75) is 69.2 Å². The monoisotopic (exact) mass is 239 g/mol. The molecular weight excluding hydrogens is 214 g/mol. The van der Waals surface area contributed by atoms with E-state index in [0.29, 0.717) is 6.10 Å². The molecule has 3 rings (SSSR count). The van der Waals surface area contributed by atoms with Crippen LogP contribution in [0.5, 0.6) is 0 Å². The number of hydrogen-bond donors (Lipinski definition) is 1. The van der Waals surface area contributed by atoms with E-state index in [2.05, 4.69) is 4.90 Å². The molecule has 0 aromatic heterocycles. The minimum atomic E-state index is -0.0972. The lowest BCUT2D eigenvalue weighted by atomic mass is 9.83. The van der Waals surface area contributed by atoms with Gasteiger partial charge in [0.15, 0.2) is 0 Å². The van der Waals surface area contributed by atoms with E-state index in [1.807, 2.05) is 0 Å². The maximum absolute atomic E-state index is 9.53. The van der Waals surface area contributed by atoms with E-state index < -0.39 is 0 Å². The highest BCUT2D eigenvalue weighted by Crippen LogP contribution is 2.42. The average molecular weight is 239 g/mol. The molecule has 0 radical (unpaired) electrons. The van der Waals surface area contributed by atoms with Crippen LogP contribution in [-0.4, -0.2) is 47.4 Å². The summed E-state index contributed by atoms with van der Waals surface area (Å²) in [7, 11) is 0. The summed E-state index contributed by atoms with van der Waals surface area (Å²) in [6, 6.07) is 0. The fourth-order valence-electron chi connectivity index (χ4n) is 3.85. The van der Waals surface area contributed by atoms with Gasteiger partial charge in [-0.05, 0) is 32.1 Å². The lowest BCUT2D eigenvalue weighted by Crippen LogP contribution is -2.36. The molecule has 1 aliphatic carbocycles. The number of ether oxygens (including phenoxy) is 1. The van der Waals surface area contributed by atoms with E-state index in [-0.39, 0.29) is 11.7 Å². The van der Waals surface area contributed by atoms with Gasteiger partial charge in [-0.2, -0.15) is 0 Å². The van der Waals surface area contributed by atoms with E-state index in [4.69, 9.17) is 4.74 Å². The van der Waals surface area contributed by atoms with Gasteiger partial charge >= 0.3 is 0 Å². The first-order valence-electron chi connectivity index (χ1n) is 7.34. The van der Waals surface area contributed by atoms with Gasteiger partial charge in [-0.3, -0.25) is 4.90 Å². The molecule has 0 aromatic carbocycles. The third-order valence-electron chi connectivity index (χ3n) is 4.81. The zero-order valence-electron chi connectivity index (χ0n) is 10.7. The first kappa shape index (κ1) is 11.9. The van der Waals surface area contributed by atoms with E-state index in [9.17, 15) is 5.11 Å². The predicted octanol–water partition coefficient (Wildman–Crippen LogP) is 1.93. The van der Waals surface area contributed by atoms with E-state index >= 15 is 0 Å². The van der Waals surface area contributed by atoms with Gasteiger partial charge in [0.05, 0.1) is 17.8 Å². The number of hydrogen-bond acceptors (Lipinski definition) is 3. The highest BCUT2D eigenvalue weighted by atomic mass is 16.5. The average Bonchev–Trinajstić information content (AvgIpc) is 2.89. The quantitative estimate of drug-likeness (QED) is 0.799. The molecular formula is C14H25NO2. The minimum Gasteiger partial charge on any atom is -0.392 e. The molecule has 1 saturated carbocycles. The van der Waals surface area contributed by atoms with Crippen LogP contribution in [0.15, 0.2) is 0 Å². The second-order valence-corrected chi connectivity index (χ2v) is 6.22. The van der Waals surface area contributed by atoms with Gasteiger partial charge in [0.25, 0.3) is 0 Å². The smallest absolute Gasteiger partial charge is 0.0710 e. The number of β-amino-alcohol motifs (C(OH)–C–C–N with tert-alkyl or cyclic N) is 1. The van der Waals surface area contributed by atoms with Gasteiger partial charge in [0.1, 0.15) is 0 Å². The molecule has 2 saturated heterocycles. The second-order valence-electron chi connectivity index (χ2n) is 6.22. The number of likely N-dealkylation sites (tertiary alicyclic amines) is 1. The van der Waals surface area contributed by atoms with Crippen molar-refractivity contribution in [1.29, 1.82) is 0 Å². The van der Waals surface area contributed by atoms with Crippen LogP contribution in [0.4, 0.5) is 0 Å². The topological polar surface area (TPSA) is 32.7 Å². The molecule has 2 heterocycles. The molecule has 0 aromatic rings. The normalized spacial score (nSPS) is 37.9. The first-order chi connectivity index (χ1) is 8.26. The molecule has 0 bridgehead atoms. The maximum atomic E-state index is 9.53. The lowest BCUT2D eigenvalue weighted by Gasteiger charge is -2.34. The third-order valence-corrected chi connectivity index (χ3v) is 4.81. The Bertz CT molecular complexity index is 263. The van der Waals surface area contributed by atoms with Crippen molar-refractivity contribution in [3.05, 3.63) is 0 Å². The summed E-state index contributed by atoms with van der Waals surface area (Å²) >= 11 is 0. The van der Waals surface area contributed by atoms with Crippen molar-refractivity contribution in [1.82, 2.24) is 4.90 Å². The predicted molar refractivity (Wildman–Crippen MR) is 67.0 cm³/mol. The van der Waals surface area contributed by atoms with Gasteiger partial charge in [-0.25, -0.2) is 0 Å². The zero-order chi connectivity index (χ0) is 11.7. The molecule has 3 nitrogen and oxygen atoms in total. The summed E-state index contributed by atoms with van der Waals surface area (Å²) in [5.41, 5.74) is 0.251. The summed E-state index contributed by atoms with van der Waals surface area (Å²) in [6.07, 6.45) is 10.5. The van der Waals surface area contributed by atoms with E-state index in [1.165, 1.54) is 44.9 Å². The van der Waals surface area contributed by atoms with Crippen molar-refractivity contribution < 1.29 is 9.84 Å². The number of aliphatic hydroxyl groups excluding tert-OH is 1. The van der Waals surface area contributed by atoms with Crippen LogP contribution < -0.4 is 0 Å². The molecule has 2 aliphatic heterocycles. The molecule has 17 heavy (non-hydrogen) atoms. The molecule has 3 heteroatoms. The Morgan fingerprint density at radius 2 is 1.94 bits per heavy atom. The lowest BCUT2D eigenvalue weighted by molar-refractivity contribution is -0.0708. The van der Waals surface area contributed by atoms with Crippen molar-refractivity contribution in [3.8, 4) is 0 Å². The van der Waals surface area contributed by atoms with Crippen molar-refractivity contribution in [3.63, 3.8) is 0 Å². The van der Waals surface area contributed by atoms with Crippen molar-refractivity contribution in [2.75, 3.05) is 19.6 Å². The Morgan fingerprint density at radius 3 is 2.65 bits per heavy atom. The molecule has 1 N–H and O–H groups in total. The number of rotatable bonds is 2. The van der Waals surface area contributed by atoms with Crippen LogP contribution in [0.1, 0.15) is 51.4 Å². The van der Waals surface area contributed by atoms with Gasteiger partial charge in [-0.1, -0.05) is 19.3 Å². The van der Waals surface area contributed by atoms with Crippen molar-refractivity contribution in [2.24, 2.45) is 0 Å². The zero-order valence-corrected chi connectivity index (χ0v) is 10.7. The molecule has 1 spiro atoms. The van der Waals surface area contributed by atoms with Gasteiger partial charge in [-0.15, -0.1) is 0 Å². The highest BCUT2D eigenvalue weighted by molar-refractivity contribution is 4.92. The summed E-state index contributed by atoms with van der Waals surface area (Å²) in [4.78, 5) is 2.37. The number of nitrogens with zero attached hydrogens (tertiary/aromatic N) is 1. The van der Waals surface area contributed by atoms with Crippen LogP contribution in [0, 0.1) is 0 Å². The Hall–Kier alpha value is -0.120. The number of aliphatic hydroxyl groups is 1. The summed E-state index contributed by atoms with van der Waals surface area (Å²) < 4.78 is 6.36. The largest absolute Gasteiger partial charge is 0.392 e. The van der Waals surface area contributed by atoms with Crippen LogP contribution >= 0.6 is 0 Å². The van der Waals surface area contributed by atoms with E-state index in [0.717, 1.165) is 26.1 Å². The highest BCUT2D eigenvalue weighted by Gasteiger charge is 2.41. The fraction of sp³-hybridized carbons (Fsp3) is 1.00. The van der Waals surface area contributed by atoms with Crippen LogP contribution in [-0.2, 0) is 4.74 Å². The second kappa shape index (κ2) is 4.87. The fourth-order valence-corrected chi connectivity index (χ4v) is 3.85. The first-order valence-corrected chi connectivity index (χ1v) is 7.34. The third kappa shape index (κ3) is 2.67. The Kier molecular flexibility index (Phi) is 3.42. The van der Waals surface area contributed by atoms with Gasteiger partial charge < -0.3 is 9.84 Å². The maximum Gasteiger partial charge on any atom is 0.0710 e. The van der Waals surface area contributed by atoms with Crippen LogP contribution in [0.25, 0.3) is 0 Å². The summed E-state index contributed by atoms with van der Waals surface area (Å²) in [5, 5.41) is 9.53. The Labute approximate surface area is 104 Å². The summed E-state index contributed by atoms with van der Waals surface area (Å²) in [5.74, 6) is 0. The van der Waals surface area contributed by atoms with Crippen LogP contribution in [0.2, 0.25) is 0 Å². The Morgan fingerprint density at radius 1 is 1.12 bits per heavy atom. The molecule has 3 fully saturated rings. The Balaban J connectivity index is 1.50. The molecule has 1 unspecified atom stereocenters. The van der Waals surface area contributed by atoms with Crippen molar-refractivity contribution >= 4 is 0 Å². The molecule has 0 amide bonds. The SMILES string of the molecule is O[C@@H]1CCN(CC2CCC3(CCCCC3)O2)C1. The summed E-state index contributed by atoms with van der Waals surface area (Å²) in [6.45, 7) is 2.94. The van der Waals surface area contributed by atoms with Gasteiger partial charge in [0.2, 0.25) is 0 Å². The standard InChI is InChI=1S/C14H25NO2/c16-12-5-9-15(10-12)11-13-4-8-14(17-13)6-2-1-3-7-14/h12-13,16H,1-11H2/t12-,13?/m1/s1. The molecule has 98 valence electrons. The minimum absolute atomic E-state index is 0.0972. The molecule has 2 atom stereocenters. The van der Waals surface area contributed by atoms with Gasteiger partial charge in [0, 0.05) is 19.6 Å². The van der Waals surface area contributed by atoms with E-state index in [1.54, 1.807) is 0 Å². The van der Waals surface area contributed by atoms with Crippen LogP contribution in [0.3, 0.4) is 0 Å². The molecule has 3 aliphatic rings.